The van der Waals surface area contributed by atoms with Gasteiger partial charge in [-0.25, -0.2) is 4.79 Å². The molecule has 0 amide bonds. The van der Waals surface area contributed by atoms with Crippen LogP contribution < -0.4 is 4.74 Å². The fraction of sp³-hybridized carbons (Fsp3) is 0.588. The zero-order valence-electron chi connectivity index (χ0n) is 13.9. The van der Waals surface area contributed by atoms with Crippen LogP contribution in [0.5, 0.6) is 5.75 Å². The predicted octanol–water partition coefficient (Wildman–Crippen LogP) is 3.31. The number of rotatable bonds is 6. The van der Waals surface area contributed by atoms with E-state index >= 15 is 0 Å². The molecule has 7 heteroatoms. The zero-order valence-corrected chi connectivity index (χ0v) is 15.4. The quantitative estimate of drug-likeness (QED) is 0.772. The lowest BCUT2D eigenvalue weighted by molar-refractivity contribution is -0.150. The van der Waals surface area contributed by atoms with Crippen molar-refractivity contribution in [3.63, 3.8) is 0 Å². The Kier molecular flexibility index (Phi) is 7.16. The first-order valence-corrected chi connectivity index (χ1v) is 8.81. The Balaban J connectivity index is 2.37. The van der Waals surface area contributed by atoms with Crippen molar-refractivity contribution in [3.8, 4) is 5.75 Å². The number of esters is 1. The number of halogens is 2. The third-order valence-electron chi connectivity index (χ3n) is 4.35. The molecule has 1 saturated heterocycles. The van der Waals surface area contributed by atoms with Crippen LogP contribution in [0.4, 0.5) is 0 Å². The number of likely N-dealkylation sites (tertiary alicyclic amines) is 1. The number of ether oxygens (including phenoxy) is 2. The van der Waals surface area contributed by atoms with Gasteiger partial charge in [0.25, 0.3) is 0 Å². The second-order valence-electron chi connectivity index (χ2n) is 5.82. The normalized spacial score (nSPS) is 17.5. The number of hydrogen-bond donors (Lipinski definition) is 1. The van der Waals surface area contributed by atoms with E-state index in [2.05, 4.69) is 0 Å². The number of carbonyl (C=O) groups is 1. The van der Waals surface area contributed by atoms with Crippen LogP contribution in [0, 0.1) is 5.92 Å². The minimum Gasteiger partial charge on any atom is -0.496 e. The standard InChI is InChI=1S/C17H23Cl2NO4/c1-3-24-17(22)16(20-6-4-11(10-21)5-7-20)12-8-13(18)14(19)9-15(12)23-2/h8-9,11,16,21H,3-7,10H2,1-2H3. The van der Waals surface area contributed by atoms with E-state index in [4.69, 9.17) is 32.7 Å². The molecule has 0 aliphatic carbocycles. The SMILES string of the molecule is CCOC(=O)C(c1cc(Cl)c(Cl)cc1OC)N1CCC(CO)CC1. The van der Waals surface area contributed by atoms with Crippen LogP contribution in [-0.4, -0.2) is 49.4 Å². The molecule has 0 aromatic heterocycles. The molecule has 1 unspecified atom stereocenters. The molecule has 1 fully saturated rings. The van der Waals surface area contributed by atoms with Gasteiger partial charge < -0.3 is 14.6 Å². The number of aliphatic hydroxyl groups is 1. The number of nitrogens with zero attached hydrogens (tertiary/aromatic N) is 1. The summed E-state index contributed by atoms with van der Waals surface area (Å²) in [4.78, 5) is 14.7. The van der Waals surface area contributed by atoms with Crippen molar-refractivity contribution in [2.24, 2.45) is 5.92 Å². The predicted molar refractivity (Wildman–Crippen MR) is 93.8 cm³/mol. The number of benzene rings is 1. The van der Waals surface area contributed by atoms with Crippen LogP contribution in [-0.2, 0) is 9.53 Å². The molecule has 0 radical (unpaired) electrons. The van der Waals surface area contributed by atoms with E-state index in [9.17, 15) is 9.90 Å². The fourth-order valence-electron chi connectivity index (χ4n) is 3.02. The summed E-state index contributed by atoms with van der Waals surface area (Å²) in [7, 11) is 1.53. The lowest BCUT2D eigenvalue weighted by Gasteiger charge is -2.36. The van der Waals surface area contributed by atoms with Crippen LogP contribution >= 0.6 is 23.2 Å². The summed E-state index contributed by atoms with van der Waals surface area (Å²) in [5.74, 6) is 0.447. The molecule has 2 rings (SSSR count). The summed E-state index contributed by atoms with van der Waals surface area (Å²) in [6.07, 6.45) is 1.66. The molecule has 1 heterocycles. The zero-order chi connectivity index (χ0) is 17.7. The molecule has 0 spiro atoms. The molecule has 0 saturated carbocycles. The largest absolute Gasteiger partial charge is 0.496 e. The molecular formula is C17H23Cl2NO4. The molecule has 24 heavy (non-hydrogen) atoms. The number of carbonyl (C=O) groups excluding carboxylic acids is 1. The van der Waals surface area contributed by atoms with Gasteiger partial charge in [-0.05, 0) is 44.8 Å². The second kappa shape index (κ2) is 8.90. The maximum absolute atomic E-state index is 12.6. The molecule has 134 valence electrons. The summed E-state index contributed by atoms with van der Waals surface area (Å²) >= 11 is 12.2. The Bertz CT molecular complexity index is 574. The Morgan fingerprint density at radius 2 is 1.96 bits per heavy atom. The molecular weight excluding hydrogens is 353 g/mol. The molecule has 1 aromatic carbocycles. The highest BCUT2D eigenvalue weighted by molar-refractivity contribution is 6.42. The van der Waals surface area contributed by atoms with E-state index < -0.39 is 6.04 Å². The van der Waals surface area contributed by atoms with E-state index in [1.807, 2.05) is 4.90 Å². The van der Waals surface area contributed by atoms with Crippen LogP contribution in [0.3, 0.4) is 0 Å². The summed E-state index contributed by atoms with van der Waals surface area (Å²) < 4.78 is 10.7. The highest BCUT2D eigenvalue weighted by atomic mass is 35.5. The van der Waals surface area contributed by atoms with Gasteiger partial charge >= 0.3 is 5.97 Å². The first-order chi connectivity index (χ1) is 11.5. The van der Waals surface area contributed by atoms with E-state index in [0.29, 0.717) is 41.1 Å². The number of hydrogen-bond acceptors (Lipinski definition) is 5. The van der Waals surface area contributed by atoms with Gasteiger partial charge in [0.2, 0.25) is 0 Å². The minimum atomic E-state index is -0.602. The third kappa shape index (κ3) is 4.33. The smallest absolute Gasteiger partial charge is 0.328 e. The Labute approximate surface area is 152 Å². The highest BCUT2D eigenvalue weighted by Crippen LogP contribution is 2.38. The van der Waals surface area contributed by atoms with Crippen molar-refractivity contribution in [1.29, 1.82) is 0 Å². The Morgan fingerprint density at radius 3 is 2.50 bits per heavy atom. The van der Waals surface area contributed by atoms with Gasteiger partial charge in [-0.1, -0.05) is 23.2 Å². The van der Waals surface area contributed by atoms with Gasteiger partial charge in [0.15, 0.2) is 0 Å². The third-order valence-corrected chi connectivity index (χ3v) is 5.07. The molecule has 5 nitrogen and oxygen atoms in total. The lowest BCUT2D eigenvalue weighted by atomic mass is 9.94. The van der Waals surface area contributed by atoms with Gasteiger partial charge in [0.05, 0.1) is 23.8 Å². The van der Waals surface area contributed by atoms with Crippen LogP contribution in [0.1, 0.15) is 31.4 Å². The van der Waals surface area contributed by atoms with E-state index in [-0.39, 0.29) is 18.5 Å². The molecule has 1 aliphatic rings. The Morgan fingerprint density at radius 1 is 1.33 bits per heavy atom. The first kappa shape index (κ1) is 19.3. The van der Waals surface area contributed by atoms with Crippen molar-refractivity contribution < 1.29 is 19.4 Å². The average Bonchev–Trinajstić information content (AvgIpc) is 2.59. The van der Waals surface area contributed by atoms with Crippen molar-refractivity contribution in [1.82, 2.24) is 4.90 Å². The summed E-state index contributed by atoms with van der Waals surface area (Å²) in [5.41, 5.74) is 0.646. The van der Waals surface area contributed by atoms with E-state index in [1.165, 1.54) is 7.11 Å². The maximum atomic E-state index is 12.6. The second-order valence-corrected chi connectivity index (χ2v) is 6.64. The van der Waals surface area contributed by atoms with Crippen molar-refractivity contribution in [3.05, 3.63) is 27.7 Å². The van der Waals surface area contributed by atoms with Gasteiger partial charge in [0, 0.05) is 18.2 Å². The summed E-state index contributed by atoms with van der Waals surface area (Å²) in [6.45, 7) is 3.63. The van der Waals surface area contributed by atoms with Crippen LogP contribution in [0.25, 0.3) is 0 Å². The van der Waals surface area contributed by atoms with Gasteiger partial charge in [-0.2, -0.15) is 0 Å². The lowest BCUT2D eigenvalue weighted by Crippen LogP contribution is -2.41. The van der Waals surface area contributed by atoms with Crippen LogP contribution in [0.2, 0.25) is 10.0 Å². The molecule has 1 aliphatic heterocycles. The summed E-state index contributed by atoms with van der Waals surface area (Å²) in [5, 5.41) is 10.1. The number of aliphatic hydroxyl groups excluding tert-OH is 1. The topological polar surface area (TPSA) is 59.0 Å². The molecule has 0 bridgehead atoms. The molecule has 1 aromatic rings. The highest BCUT2D eigenvalue weighted by Gasteiger charge is 2.34. The molecule has 1 N–H and O–H groups in total. The number of methoxy groups -OCH3 is 1. The van der Waals surface area contributed by atoms with Crippen molar-refractivity contribution in [2.45, 2.75) is 25.8 Å². The maximum Gasteiger partial charge on any atom is 0.328 e. The monoisotopic (exact) mass is 375 g/mol. The average molecular weight is 376 g/mol. The minimum absolute atomic E-state index is 0.175. The molecule has 1 atom stereocenters. The van der Waals surface area contributed by atoms with Gasteiger partial charge in [0.1, 0.15) is 11.8 Å². The number of piperidine rings is 1. The van der Waals surface area contributed by atoms with E-state index in [1.54, 1.807) is 19.1 Å². The van der Waals surface area contributed by atoms with Gasteiger partial charge in [-0.3, -0.25) is 4.90 Å². The van der Waals surface area contributed by atoms with Gasteiger partial charge in [-0.15, -0.1) is 0 Å². The fourth-order valence-corrected chi connectivity index (χ4v) is 3.35. The Hall–Kier alpha value is -1.01. The van der Waals surface area contributed by atoms with Crippen LogP contribution in [0.15, 0.2) is 12.1 Å². The first-order valence-electron chi connectivity index (χ1n) is 8.06. The van der Waals surface area contributed by atoms with Crippen molar-refractivity contribution in [2.75, 3.05) is 33.4 Å². The van der Waals surface area contributed by atoms with Crippen molar-refractivity contribution >= 4 is 29.2 Å². The van der Waals surface area contributed by atoms with E-state index in [0.717, 1.165) is 12.8 Å². The summed E-state index contributed by atoms with van der Waals surface area (Å²) in [6, 6.07) is 2.68.